The lowest BCUT2D eigenvalue weighted by molar-refractivity contribution is 0.0996. The molecule has 1 saturated carbocycles. The van der Waals surface area contributed by atoms with Crippen LogP contribution in [0.15, 0.2) is 151 Å². The van der Waals surface area contributed by atoms with Crippen molar-refractivity contribution in [1.29, 1.82) is 0 Å². The Labute approximate surface area is 524 Å². The van der Waals surface area contributed by atoms with Crippen LogP contribution in [-0.2, 0) is 19.3 Å². The van der Waals surface area contributed by atoms with Gasteiger partial charge in [0.25, 0.3) is 0 Å². The molecule has 0 aliphatic heterocycles. The number of hydrogen-bond donors (Lipinski definition) is 0. The van der Waals surface area contributed by atoms with E-state index in [1.54, 1.807) is 11.1 Å². The molecule has 6 aromatic rings. The molecular formula is C78H101Cl3O3. The molecule has 0 amide bonds. The second-order valence-electron chi connectivity index (χ2n) is 25.2. The van der Waals surface area contributed by atoms with E-state index in [2.05, 4.69) is 198 Å². The van der Waals surface area contributed by atoms with Gasteiger partial charge in [-0.3, -0.25) is 0 Å². The SMILES string of the molecule is CCOc1ccc(Cc2cc([C@@H]3C=C(CC)[C@@H](C)[C@H](C)[C@H]3C)ccc2Cl)cc1.CCOc1ccc(Cc2cc([C@@H]3C=C(CC)[C@@H](C)[C@H](C)[C@H]3C)ccc2Cl)cc1.CCOc1ccc(Cc2cc([C@@H]3CC(CC)[C@@H](C)[C@H](C)[C@H]3C)ccc2Cl)cc1. The van der Waals surface area contributed by atoms with Crippen LogP contribution in [0.1, 0.15) is 197 Å². The number of benzene rings is 6. The van der Waals surface area contributed by atoms with Gasteiger partial charge < -0.3 is 14.2 Å². The second kappa shape index (κ2) is 31.6. The topological polar surface area (TPSA) is 27.7 Å². The highest BCUT2D eigenvalue weighted by molar-refractivity contribution is 6.32. The van der Waals surface area contributed by atoms with Gasteiger partial charge in [0.15, 0.2) is 0 Å². The zero-order valence-electron chi connectivity index (χ0n) is 53.7. The van der Waals surface area contributed by atoms with Crippen molar-refractivity contribution in [2.75, 3.05) is 19.8 Å². The molecule has 0 N–H and O–H groups in total. The minimum Gasteiger partial charge on any atom is -0.494 e. The summed E-state index contributed by atoms with van der Waals surface area (Å²) in [5, 5.41) is 2.57. The maximum absolute atomic E-state index is 6.59. The van der Waals surface area contributed by atoms with Crippen molar-refractivity contribution in [3.8, 4) is 17.2 Å². The van der Waals surface area contributed by atoms with Crippen LogP contribution in [0.3, 0.4) is 0 Å². The molecule has 3 nitrogen and oxygen atoms in total. The van der Waals surface area contributed by atoms with Crippen molar-refractivity contribution in [1.82, 2.24) is 0 Å². The van der Waals surface area contributed by atoms with E-state index in [-0.39, 0.29) is 0 Å². The Morgan fingerprint density at radius 2 is 0.702 bits per heavy atom. The minimum absolute atomic E-state index is 0.470. The van der Waals surface area contributed by atoms with Crippen molar-refractivity contribution in [3.63, 3.8) is 0 Å². The third-order valence-electron chi connectivity index (χ3n) is 20.6. The molecule has 0 heterocycles. The first-order chi connectivity index (χ1) is 40.3. The Balaban J connectivity index is 0.000000181. The Bertz CT molecular complexity index is 2920. The molecule has 0 spiro atoms. The molecule has 0 saturated heterocycles. The molecule has 6 aromatic carbocycles. The molecule has 3 aliphatic carbocycles. The molecule has 0 radical (unpaired) electrons. The lowest BCUT2D eigenvalue weighted by Gasteiger charge is -2.44. The van der Waals surface area contributed by atoms with Crippen molar-refractivity contribution >= 4 is 34.8 Å². The van der Waals surface area contributed by atoms with Crippen LogP contribution in [0.4, 0.5) is 0 Å². The Hall–Kier alpha value is -4.93. The summed E-state index contributed by atoms with van der Waals surface area (Å²) in [7, 11) is 0. The van der Waals surface area contributed by atoms with E-state index in [1.807, 2.05) is 45.0 Å². The second-order valence-corrected chi connectivity index (χ2v) is 26.4. The maximum atomic E-state index is 6.59. The number of hydrogen-bond acceptors (Lipinski definition) is 3. The van der Waals surface area contributed by atoms with Gasteiger partial charge in [-0.05, 0) is 229 Å². The van der Waals surface area contributed by atoms with Crippen LogP contribution in [-0.4, -0.2) is 19.8 Å². The van der Waals surface area contributed by atoms with E-state index in [1.165, 1.54) is 62.9 Å². The monoisotopic (exact) mass is 1190 g/mol. The van der Waals surface area contributed by atoms with Crippen LogP contribution in [0.25, 0.3) is 0 Å². The molecule has 452 valence electrons. The van der Waals surface area contributed by atoms with Gasteiger partial charge in [0.2, 0.25) is 0 Å². The van der Waals surface area contributed by atoms with E-state index in [4.69, 9.17) is 49.0 Å². The fourth-order valence-corrected chi connectivity index (χ4v) is 14.7. The number of rotatable bonds is 18. The van der Waals surface area contributed by atoms with Crippen molar-refractivity contribution < 1.29 is 14.2 Å². The smallest absolute Gasteiger partial charge is 0.119 e. The van der Waals surface area contributed by atoms with Crippen LogP contribution < -0.4 is 14.2 Å². The summed E-state index contributed by atoms with van der Waals surface area (Å²) < 4.78 is 16.7. The largest absolute Gasteiger partial charge is 0.494 e. The Morgan fingerprint density at radius 1 is 0.369 bits per heavy atom. The third-order valence-corrected chi connectivity index (χ3v) is 21.7. The standard InChI is InChI=1S/C26H35ClO.2C26H33ClO/c3*1-6-21-16-25(19(5)17(3)18(21)4)22-10-13-26(27)23(15-22)14-20-8-11-24(12-9-20)28-7-2/h8-13,15,17-19,21,25H,6-7,14,16H2,1-5H3;2*8-13,15-19,25H,6-7,14H2,1-5H3/t17-,18-,19+,21?,25+;2*17-,18-,19+,25+/m000/s1. The summed E-state index contributed by atoms with van der Waals surface area (Å²) in [6.45, 7) is 36.7. The summed E-state index contributed by atoms with van der Waals surface area (Å²) in [5.41, 5.74) is 14.9. The van der Waals surface area contributed by atoms with Gasteiger partial charge in [-0.15, -0.1) is 0 Å². The number of allylic oxidation sites excluding steroid dienone is 4. The number of halogens is 3. The summed E-state index contributed by atoms with van der Waals surface area (Å²) in [6, 6.07) is 45.1. The first-order valence-corrected chi connectivity index (χ1v) is 33.4. The van der Waals surface area contributed by atoms with E-state index in [0.29, 0.717) is 79.0 Å². The molecule has 3 aliphatic rings. The molecule has 0 aromatic heterocycles. The van der Waals surface area contributed by atoms with Gasteiger partial charge in [0.05, 0.1) is 19.8 Å². The van der Waals surface area contributed by atoms with E-state index < -0.39 is 0 Å². The lowest BCUT2D eigenvalue weighted by Crippen LogP contribution is -2.34. The summed E-state index contributed by atoms with van der Waals surface area (Å²) in [6.07, 6.45) is 12.5. The highest BCUT2D eigenvalue weighted by atomic mass is 35.5. The molecule has 1 unspecified atom stereocenters. The van der Waals surface area contributed by atoms with Gasteiger partial charge in [-0.25, -0.2) is 0 Å². The molecule has 9 rings (SSSR count). The van der Waals surface area contributed by atoms with Crippen LogP contribution in [0, 0.1) is 59.2 Å². The number of ether oxygens (including phenoxy) is 3. The molecule has 6 heteroatoms. The van der Waals surface area contributed by atoms with Crippen LogP contribution in [0.2, 0.25) is 15.1 Å². The molecule has 1 fully saturated rings. The average molecular weight is 1190 g/mol. The highest BCUT2D eigenvalue weighted by Gasteiger charge is 2.38. The predicted molar refractivity (Wildman–Crippen MR) is 361 cm³/mol. The predicted octanol–water partition coefficient (Wildman–Crippen LogP) is 23.1. The van der Waals surface area contributed by atoms with Gasteiger partial charge in [-0.1, -0.05) is 220 Å². The van der Waals surface area contributed by atoms with Crippen molar-refractivity contribution in [2.45, 2.75) is 167 Å². The normalized spacial score (nSPS) is 25.7. The van der Waals surface area contributed by atoms with Gasteiger partial charge >= 0.3 is 0 Å². The minimum atomic E-state index is 0.470. The fraction of sp³-hybridized carbons (Fsp3) is 0.487. The summed E-state index contributed by atoms with van der Waals surface area (Å²) in [4.78, 5) is 0. The lowest BCUT2D eigenvalue weighted by atomic mass is 9.61. The van der Waals surface area contributed by atoms with Crippen molar-refractivity contribution in [3.05, 3.63) is 216 Å². The first-order valence-electron chi connectivity index (χ1n) is 32.2. The molecule has 84 heavy (non-hydrogen) atoms. The quantitative estimate of drug-likeness (QED) is 0.0803. The van der Waals surface area contributed by atoms with Gasteiger partial charge in [-0.2, -0.15) is 0 Å². The molecule has 0 bridgehead atoms. The third kappa shape index (κ3) is 16.8. The zero-order valence-corrected chi connectivity index (χ0v) is 56.0. The van der Waals surface area contributed by atoms with Gasteiger partial charge in [0.1, 0.15) is 17.2 Å². The zero-order chi connectivity index (χ0) is 60.8. The fourth-order valence-electron chi connectivity index (χ4n) is 14.1. The Morgan fingerprint density at radius 3 is 1.02 bits per heavy atom. The van der Waals surface area contributed by atoms with E-state index in [9.17, 15) is 0 Å². The molecule has 13 atom stereocenters. The first kappa shape index (κ1) is 66.6. The van der Waals surface area contributed by atoms with E-state index in [0.717, 1.165) is 82.2 Å². The van der Waals surface area contributed by atoms with E-state index >= 15 is 0 Å². The average Bonchev–Trinajstić information content (AvgIpc) is 3.07. The molecular weight excluding hydrogens is 1090 g/mol. The van der Waals surface area contributed by atoms with Crippen LogP contribution in [0.5, 0.6) is 17.2 Å². The van der Waals surface area contributed by atoms with Crippen LogP contribution >= 0.6 is 34.8 Å². The maximum Gasteiger partial charge on any atom is 0.119 e. The summed E-state index contributed by atoms with van der Waals surface area (Å²) >= 11 is 19.7. The van der Waals surface area contributed by atoms with Crippen molar-refractivity contribution in [2.24, 2.45) is 59.2 Å². The van der Waals surface area contributed by atoms with Gasteiger partial charge in [0, 0.05) is 26.9 Å². The Kier molecular flexibility index (Phi) is 25.1. The highest BCUT2D eigenvalue weighted by Crippen LogP contribution is 2.49. The summed E-state index contributed by atoms with van der Waals surface area (Å²) in [5.74, 6) is 11.4.